The zero-order chi connectivity index (χ0) is 24.7. The van der Waals surface area contributed by atoms with E-state index < -0.39 is 11.5 Å². The number of carbonyl (C=O) groups excluding carboxylic acids is 1. The Morgan fingerprint density at radius 3 is 2.82 bits per heavy atom. The van der Waals surface area contributed by atoms with Gasteiger partial charge in [-0.1, -0.05) is 17.7 Å². The average Bonchev–Trinajstić information content (AvgIpc) is 2.81. The van der Waals surface area contributed by atoms with Gasteiger partial charge in [-0.05, 0) is 69.2 Å². The zero-order valence-corrected chi connectivity index (χ0v) is 19.9. The van der Waals surface area contributed by atoms with Crippen LogP contribution >= 0.6 is 11.6 Å². The molecule has 1 aromatic carbocycles. The van der Waals surface area contributed by atoms with Crippen LogP contribution in [0.5, 0.6) is 11.6 Å². The highest BCUT2D eigenvalue weighted by Crippen LogP contribution is 2.27. The molecule has 0 atom stereocenters. The number of fused-ring (bicyclic) bond motifs is 1. The van der Waals surface area contributed by atoms with E-state index in [1.54, 1.807) is 42.6 Å². The molecule has 2 heterocycles. The Morgan fingerprint density at radius 2 is 2.12 bits per heavy atom. The van der Waals surface area contributed by atoms with Gasteiger partial charge in [-0.2, -0.15) is 10.2 Å². The Morgan fingerprint density at radius 1 is 1.32 bits per heavy atom. The summed E-state index contributed by atoms with van der Waals surface area (Å²) in [7, 11) is 0. The Balaban J connectivity index is 1.96. The summed E-state index contributed by atoms with van der Waals surface area (Å²) in [5, 5.41) is 12.8. The largest absolute Gasteiger partial charge is 0.438 e. The molecule has 0 saturated carbocycles. The fraction of sp³-hybridized carbons (Fsp3) is 0.280. The maximum atomic E-state index is 13.2. The number of hydrogen-bond acceptors (Lipinski definition) is 6. The lowest BCUT2D eigenvalue weighted by molar-refractivity contribution is -0.117. The van der Waals surface area contributed by atoms with Gasteiger partial charge < -0.3 is 14.8 Å². The molecule has 0 aliphatic carbocycles. The summed E-state index contributed by atoms with van der Waals surface area (Å²) in [4.78, 5) is 30.2. The Hall–Kier alpha value is -3.67. The molecule has 0 saturated heterocycles. The van der Waals surface area contributed by atoms with E-state index in [2.05, 4.69) is 10.3 Å². The molecule has 9 heteroatoms. The van der Waals surface area contributed by atoms with E-state index in [-0.39, 0.29) is 23.1 Å². The summed E-state index contributed by atoms with van der Waals surface area (Å²) in [6.07, 6.45) is 3.44. The number of carbonyl (C=O) groups is 1. The van der Waals surface area contributed by atoms with Gasteiger partial charge in [0.25, 0.3) is 11.5 Å². The van der Waals surface area contributed by atoms with E-state index >= 15 is 0 Å². The van der Waals surface area contributed by atoms with Crippen molar-refractivity contribution in [3.63, 3.8) is 0 Å². The molecule has 0 fully saturated rings. The minimum Gasteiger partial charge on any atom is -0.438 e. The molecule has 3 aromatic rings. The number of halogens is 1. The number of aryl methyl sites for hydroxylation is 1. The third-order valence-corrected chi connectivity index (χ3v) is 5.21. The number of hydrogen-bond donors (Lipinski definition) is 1. The fourth-order valence-electron chi connectivity index (χ4n) is 3.06. The highest BCUT2D eigenvalue weighted by atomic mass is 35.5. The van der Waals surface area contributed by atoms with Gasteiger partial charge in [0.05, 0.1) is 6.10 Å². The first-order valence-corrected chi connectivity index (χ1v) is 11.1. The smallest absolute Gasteiger partial charge is 0.269 e. The third-order valence-electron chi connectivity index (χ3n) is 4.79. The second-order valence-corrected chi connectivity index (χ2v) is 8.18. The number of benzene rings is 1. The van der Waals surface area contributed by atoms with Gasteiger partial charge in [-0.3, -0.25) is 14.0 Å². The van der Waals surface area contributed by atoms with E-state index in [0.717, 1.165) is 5.56 Å². The van der Waals surface area contributed by atoms with Gasteiger partial charge in [0.2, 0.25) is 5.88 Å². The highest BCUT2D eigenvalue weighted by molar-refractivity contribution is 6.31. The van der Waals surface area contributed by atoms with Crippen molar-refractivity contribution in [1.82, 2.24) is 14.7 Å². The van der Waals surface area contributed by atoms with E-state index in [0.29, 0.717) is 36.0 Å². The van der Waals surface area contributed by atoms with E-state index in [1.165, 1.54) is 10.5 Å². The number of amides is 1. The molecule has 34 heavy (non-hydrogen) atoms. The first kappa shape index (κ1) is 25.0. The second-order valence-electron chi connectivity index (χ2n) is 7.78. The molecule has 176 valence electrons. The van der Waals surface area contributed by atoms with Gasteiger partial charge >= 0.3 is 0 Å². The first-order valence-electron chi connectivity index (χ1n) is 10.8. The van der Waals surface area contributed by atoms with Gasteiger partial charge in [0.1, 0.15) is 28.6 Å². The maximum Gasteiger partial charge on any atom is 0.269 e. The summed E-state index contributed by atoms with van der Waals surface area (Å²) in [5.41, 5.74) is 0.408. The molecule has 0 radical (unpaired) electrons. The molecule has 0 unspecified atom stereocenters. The van der Waals surface area contributed by atoms with Crippen LogP contribution in [0.15, 0.2) is 53.0 Å². The van der Waals surface area contributed by atoms with E-state index in [1.807, 2.05) is 26.8 Å². The predicted octanol–water partition coefficient (Wildman–Crippen LogP) is 4.29. The summed E-state index contributed by atoms with van der Waals surface area (Å²) < 4.78 is 12.7. The molecule has 1 N–H and O–H groups in total. The quantitative estimate of drug-likeness (QED) is 0.278. The number of ether oxygens (including phenoxy) is 2. The number of rotatable bonds is 9. The molecule has 0 spiro atoms. The normalized spacial score (nSPS) is 11.5. The number of nitriles is 1. The van der Waals surface area contributed by atoms with Crippen molar-refractivity contribution in [1.29, 1.82) is 5.26 Å². The number of nitrogens with one attached hydrogen (secondary N) is 1. The van der Waals surface area contributed by atoms with Gasteiger partial charge in [-0.25, -0.2) is 0 Å². The van der Waals surface area contributed by atoms with Crippen LogP contribution in [0, 0.1) is 18.3 Å². The molecule has 0 aliphatic heterocycles. The van der Waals surface area contributed by atoms with Crippen LogP contribution in [0.25, 0.3) is 11.7 Å². The SMILES string of the molecule is Cc1cc(Oc2nc3ccccn3c(=O)c2C=C(C#N)C(=O)NCCCOC(C)C)ccc1Cl. The van der Waals surface area contributed by atoms with Crippen molar-refractivity contribution < 1.29 is 14.3 Å². The summed E-state index contributed by atoms with van der Waals surface area (Å²) >= 11 is 6.10. The lowest BCUT2D eigenvalue weighted by atomic mass is 10.1. The van der Waals surface area contributed by atoms with E-state index in [9.17, 15) is 14.9 Å². The lowest BCUT2D eigenvalue weighted by Gasteiger charge is -2.11. The average molecular weight is 481 g/mol. The standard InChI is InChI=1S/C25H25ClN4O4/c1-16(2)33-12-6-10-28-23(31)18(15-27)14-20-24(34-19-8-9-21(26)17(3)13-19)29-22-7-4-5-11-30(22)25(20)32/h4-5,7-9,11,13-14,16H,6,10,12H2,1-3H3,(H,28,31). The summed E-state index contributed by atoms with van der Waals surface area (Å²) in [6, 6.07) is 12.0. The number of aromatic nitrogens is 2. The second kappa shape index (κ2) is 11.5. The third kappa shape index (κ3) is 6.22. The predicted molar refractivity (Wildman–Crippen MR) is 130 cm³/mol. The van der Waals surface area contributed by atoms with Crippen LogP contribution in [0.3, 0.4) is 0 Å². The maximum absolute atomic E-state index is 13.2. The molecule has 8 nitrogen and oxygen atoms in total. The van der Waals surface area contributed by atoms with Gasteiger partial charge in [0.15, 0.2) is 0 Å². The molecule has 1 amide bonds. The molecular formula is C25H25ClN4O4. The van der Waals surface area contributed by atoms with Gasteiger partial charge in [0, 0.05) is 24.4 Å². The highest BCUT2D eigenvalue weighted by Gasteiger charge is 2.17. The minimum atomic E-state index is -0.599. The number of pyridine rings is 1. The van der Waals surface area contributed by atoms with Crippen molar-refractivity contribution in [3.8, 4) is 17.7 Å². The topological polar surface area (TPSA) is 106 Å². The monoisotopic (exact) mass is 480 g/mol. The summed E-state index contributed by atoms with van der Waals surface area (Å²) in [6.45, 7) is 6.49. The van der Waals surface area contributed by atoms with Crippen molar-refractivity contribution in [3.05, 3.63) is 74.7 Å². The van der Waals surface area contributed by atoms with Crippen molar-refractivity contribution in [2.24, 2.45) is 0 Å². The van der Waals surface area contributed by atoms with Crippen LogP contribution in [0.4, 0.5) is 0 Å². The minimum absolute atomic E-state index is 0.0221. The molecule has 2 aromatic heterocycles. The van der Waals surface area contributed by atoms with Crippen molar-refractivity contribution >= 4 is 29.2 Å². The lowest BCUT2D eigenvalue weighted by Crippen LogP contribution is -2.27. The van der Waals surface area contributed by atoms with Crippen molar-refractivity contribution in [2.75, 3.05) is 13.2 Å². The van der Waals surface area contributed by atoms with Crippen LogP contribution in [-0.4, -0.2) is 34.5 Å². The Bertz CT molecular complexity index is 1320. The van der Waals surface area contributed by atoms with Gasteiger partial charge in [-0.15, -0.1) is 0 Å². The summed E-state index contributed by atoms with van der Waals surface area (Å²) in [5.74, 6) is -0.210. The van der Waals surface area contributed by atoms with Crippen molar-refractivity contribution in [2.45, 2.75) is 33.3 Å². The first-order chi connectivity index (χ1) is 16.3. The van der Waals surface area contributed by atoms with E-state index in [4.69, 9.17) is 21.1 Å². The molecule has 0 aliphatic rings. The molecular weight excluding hydrogens is 456 g/mol. The zero-order valence-electron chi connectivity index (χ0n) is 19.2. The Labute approximate surface area is 202 Å². The number of nitrogens with zero attached hydrogens (tertiary/aromatic N) is 3. The van der Waals surface area contributed by atoms with Crippen LogP contribution in [0.1, 0.15) is 31.4 Å². The van der Waals surface area contributed by atoms with Crippen LogP contribution < -0.4 is 15.6 Å². The molecule has 0 bridgehead atoms. The van der Waals surface area contributed by atoms with Crippen LogP contribution in [-0.2, 0) is 9.53 Å². The fourth-order valence-corrected chi connectivity index (χ4v) is 3.17. The Kier molecular flexibility index (Phi) is 8.41. The molecule has 3 rings (SSSR count). The van der Waals surface area contributed by atoms with Crippen LogP contribution in [0.2, 0.25) is 5.02 Å².